The summed E-state index contributed by atoms with van der Waals surface area (Å²) in [6.45, 7) is 3.52. The van der Waals surface area contributed by atoms with Crippen LogP contribution >= 0.6 is 12.2 Å². The molecule has 0 atom stereocenters. The summed E-state index contributed by atoms with van der Waals surface area (Å²) in [4.78, 5) is 4.45. The van der Waals surface area contributed by atoms with Gasteiger partial charge in [-0.2, -0.15) is 0 Å². The summed E-state index contributed by atoms with van der Waals surface area (Å²) in [6, 6.07) is 17.4. The van der Waals surface area contributed by atoms with E-state index < -0.39 is 0 Å². The first-order chi connectivity index (χ1) is 10.7. The molecular formula is C17H19N3OS. The predicted molar refractivity (Wildman–Crippen MR) is 94.6 cm³/mol. The maximum Gasteiger partial charge on any atom is 0.173 e. The molecule has 1 saturated heterocycles. The summed E-state index contributed by atoms with van der Waals surface area (Å²) in [5.41, 5.74) is 2.07. The van der Waals surface area contributed by atoms with E-state index in [2.05, 4.69) is 15.1 Å². The number of aromatic hydroxyl groups is 1. The Morgan fingerprint density at radius 1 is 0.955 bits per heavy atom. The van der Waals surface area contributed by atoms with Gasteiger partial charge in [0.25, 0.3) is 0 Å². The Bertz CT molecular complexity index is 639. The highest BCUT2D eigenvalue weighted by molar-refractivity contribution is 7.80. The summed E-state index contributed by atoms with van der Waals surface area (Å²) in [5, 5.41) is 13.6. The SMILES string of the molecule is Oc1cccc(N2CCN(C(=S)Nc3ccccc3)CC2)c1. The summed E-state index contributed by atoms with van der Waals surface area (Å²) >= 11 is 5.49. The van der Waals surface area contributed by atoms with Crippen LogP contribution in [0, 0.1) is 0 Å². The number of phenols is 1. The van der Waals surface area contributed by atoms with E-state index in [1.807, 2.05) is 42.5 Å². The number of nitrogens with zero attached hydrogens (tertiary/aromatic N) is 2. The fourth-order valence-electron chi connectivity index (χ4n) is 2.58. The number of phenolic OH excluding ortho intramolecular Hbond substituents is 1. The minimum atomic E-state index is 0.307. The molecule has 4 nitrogen and oxygen atoms in total. The largest absolute Gasteiger partial charge is 0.508 e. The number of hydrogen-bond donors (Lipinski definition) is 2. The van der Waals surface area contributed by atoms with Gasteiger partial charge >= 0.3 is 0 Å². The van der Waals surface area contributed by atoms with E-state index in [0.29, 0.717) is 5.75 Å². The van der Waals surface area contributed by atoms with Gasteiger partial charge in [-0.25, -0.2) is 0 Å². The zero-order valence-electron chi connectivity index (χ0n) is 12.3. The van der Waals surface area contributed by atoms with Crippen LogP contribution in [-0.2, 0) is 0 Å². The molecule has 1 heterocycles. The molecule has 0 aliphatic carbocycles. The average molecular weight is 313 g/mol. The number of benzene rings is 2. The van der Waals surface area contributed by atoms with Gasteiger partial charge < -0.3 is 20.2 Å². The Balaban J connectivity index is 1.56. The van der Waals surface area contributed by atoms with Crippen LogP contribution in [0.4, 0.5) is 11.4 Å². The molecule has 22 heavy (non-hydrogen) atoms. The fourth-order valence-corrected chi connectivity index (χ4v) is 2.88. The molecule has 0 saturated carbocycles. The quantitative estimate of drug-likeness (QED) is 0.834. The molecule has 1 fully saturated rings. The molecule has 0 amide bonds. The molecule has 5 heteroatoms. The van der Waals surface area contributed by atoms with Crippen molar-refractivity contribution in [1.29, 1.82) is 0 Å². The lowest BCUT2D eigenvalue weighted by Gasteiger charge is -2.37. The maximum absolute atomic E-state index is 9.58. The molecule has 2 N–H and O–H groups in total. The van der Waals surface area contributed by atoms with Crippen LogP contribution in [0.3, 0.4) is 0 Å². The zero-order chi connectivity index (χ0) is 15.4. The van der Waals surface area contributed by atoms with Crippen molar-refractivity contribution in [1.82, 2.24) is 4.90 Å². The molecule has 1 aliphatic rings. The fraction of sp³-hybridized carbons (Fsp3) is 0.235. The van der Waals surface area contributed by atoms with Crippen molar-refractivity contribution in [2.24, 2.45) is 0 Å². The first-order valence-corrected chi connectivity index (χ1v) is 7.78. The molecule has 114 valence electrons. The van der Waals surface area contributed by atoms with E-state index in [1.54, 1.807) is 12.1 Å². The number of para-hydroxylation sites is 1. The third-order valence-electron chi connectivity index (χ3n) is 3.79. The van der Waals surface area contributed by atoms with E-state index in [0.717, 1.165) is 42.7 Å². The average Bonchev–Trinajstić information content (AvgIpc) is 2.56. The minimum absolute atomic E-state index is 0.307. The summed E-state index contributed by atoms with van der Waals surface area (Å²) < 4.78 is 0. The second kappa shape index (κ2) is 6.66. The molecule has 2 aromatic rings. The molecule has 1 aliphatic heterocycles. The molecular weight excluding hydrogens is 294 g/mol. The van der Waals surface area contributed by atoms with Gasteiger partial charge in [0.15, 0.2) is 5.11 Å². The summed E-state index contributed by atoms with van der Waals surface area (Å²) in [6.07, 6.45) is 0. The summed E-state index contributed by atoms with van der Waals surface area (Å²) in [7, 11) is 0. The number of rotatable bonds is 2. The third-order valence-corrected chi connectivity index (χ3v) is 4.15. The van der Waals surface area contributed by atoms with Crippen LogP contribution in [0.5, 0.6) is 5.75 Å². The van der Waals surface area contributed by atoms with Crippen molar-refractivity contribution in [3.8, 4) is 5.75 Å². The third kappa shape index (κ3) is 3.49. The zero-order valence-corrected chi connectivity index (χ0v) is 13.1. The van der Waals surface area contributed by atoms with Gasteiger partial charge in [-0.05, 0) is 36.5 Å². The van der Waals surface area contributed by atoms with Crippen molar-refractivity contribution < 1.29 is 5.11 Å². The van der Waals surface area contributed by atoms with Crippen LogP contribution in [0.15, 0.2) is 54.6 Å². The Kier molecular flexibility index (Phi) is 4.44. The predicted octanol–water partition coefficient (Wildman–Crippen LogP) is 2.91. The Morgan fingerprint density at radius 2 is 1.68 bits per heavy atom. The van der Waals surface area contributed by atoms with E-state index in [1.165, 1.54) is 0 Å². The van der Waals surface area contributed by atoms with Crippen molar-refractivity contribution in [2.75, 3.05) is 36.4 Å². The maximum atomic E-state index is 9.58. The lowest BCUT2D eigenvalue weighted by atomic mass is 10.2. The topological polar surface area (TPSA) is 38.7 Å². The van der Waals surface area contributed by atoms with E-state index in [-0.39, 0.29) is 0 Å². The van der Waals surface area contributed by atoms with Crippen molar-refractivity contribution in [3.63, 3.8) is 0 Å². The Hall–Kier alpha value is -2.27. The molecule has 3 rings (SSSR count). The van der Waals surface area contributed by atoms with Gasteiger partial charge in [0.05, 0.1) is 0 Å². The standard InChI is InChI=1S/C17H19N3OS/c21-16-8-4-7-15(13-16)19-9-11-20(12-10-19)17(22)18-14-5-2-1-3-6-14/h1-8,13,21H,9-12H2,(H,18,22). The van der Waals surface area contributed by atoms with Crippen LogP contribution in [0.2, 0.25) is 0 Å². The minimum Gasteiger partial charge on any atom is -0.508 e. The van der Waals surface area contributed by atoms with Crippen molar-refractivity contribution in [2.45, 2.75) is 0 Å². The lowest BCUT2D eigenvalue weighted by Crippen LogP contribution is -2.50. The normalized spacial score (nSPS) is 14.7. The van der Waals surface area contributed by atoms with Crippen LogP contribution in [-0.4, -0.2) is 41.3 Å². The first kappa shape index (κ1) is 14.7. The molecule has 2 aromatic carbocycles. The van der Waals surface area contributed by atoms with Gasteiger partial charge in [0.2, 0.25) is 0 Å². The highest BCUT2D eigenvalue weighted by Crippen LogP contribution is 2.21. The molecule has 0 radical (unpaired) electrons. The molecule has 0 spiro atoms. The van der Waals surface area contributed by atoms with Crippen molar-refractivity contribution >= 4 is 28.7 Å². The number of nitrogens with one attached hydrogen (secondary N) is 1. The van der Waals surface area contributed by atoms with Gasteiger partial charge in [0.1, 0.15) is 5.75 Å². The molecule has 0 unspecified atom stereocenters. The van der Waals surface area contributed by atoms with Gasteiger partial charge in [-0.1, -0.05) is 24.3 Å². The first-order valence-electron chi connectivity index (χ1n) is 7.37. The van der Waals surface area contributed by atoms with Crippen LogP contribution in [0.1, 0.15) is 0 Å². The van der Waals surface area contributed by atoms with Gasteiger partial charge in [-0.3, -0.25) is 0 Å². The number of piperazine rings is 1. The van der Waals surface area contributed by atoms with E-state index in [4.69, 9.17) is 12.2 Å². The highest BCUT2D eigenvalue weighted by Gasteiger charge is 2.19. The lowest BCUT2D eigenvalue weighted by molar-refractivity contribution is 0.390. The Labute approximate surface area is 136 Å². The summed E-state index contributed by atoms with van der Waals surface area (Å²) in [5.74, 6) is 0.307. The van der Waals surface area contributed by atoms with E-state index >= 15 is 0 Å². The number of hydrogen-bond acceptors (Lipinski definition) is 3. The van der Waals surface area contributed by atoms with Crippen LogP contribution in [0.25, 0.3) is 0 Å². The number of thiocarbonyl (C=S) groups is 1. The number of anilines is 2. The molecule has 0 bridgehead atoms. The molecule has 0 aromatic heterocycles. The monoisotopic (exact) mass is 313 g/mol. The van der Waals surface area contributed by atoms with Gasteiger partial charge in [-0.15, -0.1) is 0 Å². The second-order valence-electron chi connectivity index (χ2n) is 5.29. The highest BCUT2D eigenvalue weighted by atomic mass is 32.1. The van der Waals surface area contributed by atoms with Gasteiger partial charge in [0, 0.05) is 43.6 Å². The second-order valence-corrected chi connectivity index (χ2v) is 5.68. The van der Waals surface area contributed by atoms with E-state index in [9.17, 15) is 5.11 Å². The Morgan fingerprint density at radius 3 is 2.36 bits per heavy atom. The van der Waals surface area contributed by atoms with Crippen molar-refractivity contribution in [3.05, 3.63) is 54.6 Å². The smallest absolute Gasteiger partial charge is 0.173 e. The van der Waals surface area contributed by atoms with Crippen LogP contribution < -0.4 is 10.2 Å².